The molecular formula is C32H32N10O. The molecule has 11 nitrogen and oxygen atoms in total. The van der Waals surface area contributed by atoms with Crippen molar-refractivity contribution in [3.63, 3.8) is 0 Å². The van der Waals surface area contributed by atoms with E-state index >= 15 is 0 Å². The zero-order chi connectivity index (χ0) is 29.3. The Morgan fingerprint density at radius 1 is 1.00 bits per heavy atom. The number of nitrogens with one attached hydrogen (secondary N) is 1. The Labute approximate surface area is 249 Å². The van der Waals surface area contributed by atoms with Crippen molar-refractivity contribution in [2.45, 2.75) is 24.8 Å². The van der Waals surface area contributed by atoms with E-state index in [0.717, 1.165) is 41.9 Å². The first kappa shape index (κ1) is 26.8. The number of nitriles is 1. The van der Waals surface area contributed by atoms with Gasteiger partial charge in [0, 0.05) is 62.8 Å². The van der Waals surface area contributed by atoms with Gasteiger partial charge in [-0.05, 0) is 37.1 Å². The zero-order valence-corrected chi connectivity index (χ0v) is 24.0. The third-order valence-electron chi connectivity index (χ3n) is 8.48. The molecule has 1 unspecified atom stereocenters. The number of pyridine rings is 1. The maximum absolute atomic E-state index is 13.8. The van der Waals surface area contributed by atoms with Gasteiger partial charge < -0.3 is 15.1 Å². The molecule has 0 saturated carbocycles. The summed E-state index contributed by atoms with van der Waals surface area (Å²) in [5, 5.41) is 22.0. The third-order valence-corrected chi connectivity index (χ3v) is 8.48. The summed E-state index contributed by atoms with van der Waals surface area (Å²) in [5.41, 5.74) is 5.16. The van der Waals surface area contributed by atoms with Crippen LogP contribution < -0.4 is 10.2 Å². The molecule has 6 heterocycles. The van der Waals surface area contributed by atoms with Crippen molar-refractivity contribution in [3.8, 4) is 28.6 Å². The minimum Gasteiger partial charge on any atom is -0.353 e. The van der Waals surface area contributed by atoms with Crippen molar-refractivity contribution >= 4 is 17.2 Å². The lowest BCUT2D eigenvalue weighted by atomic mass is 9.89. The molecule has 1 amide bonds. The smallest absolute Gasteiger partial charge is 0.231 e. The highest BCUT2D eigenvalue weighted by atomic mass is 16.2. The number of carbonyl (C=O) groups excluding carboxylic acids is 1. The Bertz CT molecular complexity index is 1790. The van der Waals surface area contributed by atoms with Crippen LogP contribution in [-0.2, 0) is 11.8 Å². The number of carbonyl (C=O) groups is 1. The molecular weight excluding hydrogens is 540 g/mol. The Kier molecular flexibility index (Phi) is 7.04. The minimum atomic E-state index is -0.165. The number of piperazine rings is 1. The van der Waals surface area contributed by atoms with Crippen LogP contribution in [0, 0.1) is 11.3 Å². The van der Waals surface area contributed by atoms with Crippen molar-refractivity contribution in [2.75, 3.05) is 37.6 Å². The van der Waals surface area contributed by atoms with E-state index in [1.165, 1.54) is 0 Å². The normalized spacial score (nSPS) is 17.7. The van der Waals surface area contributed by atoms with E-state index < -0.39 is 0 Å². The number of hydrogen-bond acceptors (Lipinski definition) is 8. The van der Waals surface area contributed by atoms with Crippen LogP contribution >= 0.6 is 0 Å². The van der Waals surface area contributed by atoms with E-state index in [0.29, 0.717) is 48.6 Å². The summed E-state index contributed by atoms with van der Waals surface area (Å²) in [5.74, 6) is 0.883. The summed E-state index contributed by atoms with van der Waals surface area (Å²) >= 11 is 0. The van der Waals surface area contributed by atoms with Gasteiger partial charge in [0.25, 0.3) is 0 Å². The first-order valence-corrected chi connectivity index (χ1v) is 14.6. The highest BCUT2D eigenvalue weighted by molar-refractivity contribution is 5.85. The van der Waals surface area contributed by atoms with E-state index in [4.69, 9.17) is 9.97 Å². The Morgan fingerprint density at radius 2 is 1.84 bits per heavy atom. The largest absolute Gasteiger partial charge is 0.353 e. The summed E-state index contributed by atoms with van der Waals surface area (Å²) in [4.78, 5) is 27.7. The van der Waals surface area contributed by atoms with Crippen LogP contribution in [0.4, 0.5) is 5.82 Å². The molecule has 2 fully saturated rings. The molecule has 2 atom stereocenters. The molecule has 11 heteroatoms. The molecule has 0 radical (unpaired) electrons. The maximum atomic E-state index is 13.8. The number of benzene rings is 1. The van der Waals surface area contributed by atoms with E-state index in [9.17, 15) is 10.1 Å². The lowest BCUT2D eigenvalue weighted by Crippen LogP contribution is -2.52. The fourth-order valence-electron chi connectivity index (χ4n) is 6.26. The molecule has 216 valence electrons. The first-order chi connectivity index (χ1) is 21.1. The molecule has 0 bridgehead atoms. The third kappa shape index (κ3) is 5.10. The van der Waals surface area contributed by atoms with Crippen LogP contribution in [0.2, 0.25) is 0 Å². The Morgan fingerprint density at radius 3 is 2.51 bits per heavy atom. The molecule has 2 saturated heterocycles. The molecule has 43 heavy (non-hydrogen) atoms. The Balaban J connectivity index is 1.10. The van der Waals surface area contributed by atoms with Crippen LogP contribution in [0.15, 0.2) is 73.4 Å². The number of aromatic nitrogens is 6. The summed E-state index contributed by atoms with van der Waals surface area (Å²) in [6, 6.07) is 16.6. The number of amides is 1. The average molecular weight is 573 g/mol. The van der Waals surface area contributed by atoms with E-state index in [-0.39, 0.29) is 17.9 Å². The van der Waals surface area contributed by atoms with Gasteiger partial charge in [-0.15, -0.1) is 0 Å². The molecule has 7 rings (SSSR count). The fourth-order valence-corrected chi connectivity index (χ4v) is 6.26. The SMILES string of the molecule is Cn1cc(-c2cn3ncc(C#N)c3c(-c3ccc(N4CCN(C(=O)[C@@H](c5ccccc5)C5CCCN5)CC4)nc3)n2)cn1. The summed E-state index contributed by atoms with van der Waals surface area (Å²) < 4.78 is 3.42. The molecule has 4 aromatic heterocycles. The van der Waals surface area contributed by atoms with Gasteiger partial charge in [-0.2, -0.15) is 15.5 Å². The average Bonchev–Trinajstić information content (AvgIpc) is 3.83. The quantitative estimate of drug-likeness (QED) is 0.329. The molecule has 2 aliphatic rings. The van der Waals surface area contributed by atoms with Crippen LogP contribution in [-0.4, -0.2) is 78.9 Å². The maximum Gasteiger partial charge on any atom is 0.231 e. The summed E-state index contributed by atoms with van der Waals surface area (Å²) in [6.45, 7) is 3.67. The highest BCUT2D eigenvalue weighted by Crippen LogP contribution is 2.31. The zero-order valence-electron chi connectivity index (χ0n) is 24.0. The predicted molar refractivity (Wildman–Crippen MR) is 162 cm³/mol. The molecule has 5 aromatic rings. The fraction of sp³-hybridized carbons (Fsp3) is 0.312. The summed E-state index contributed by atoms with van der Waals surface area (Å²) in [6.07, 6.45) is 10.9. The second-order valence-electron chi connectivity index (χ2n) is 11.1. The van der Waals surface area contributed by atoms with Gasteiger partial charge >= 0.3 is 0 Å². The van der Waals surface area contributed by atoms with Crippen LogP contribution in [0.1, 0.15) is 29.9 Å². The van der Waals surface area contributed by atoms with Crippen LogP contribution in [0.5, 0.6) is 0 Å². The van der Waals surface area contributed by atoms with E-state index in [2.05, 4.69) is 38.6 Å². The van der Waals surface area contributed by atoms with Gasteiger partial charge in [0.15, 0.2) is 0 Å². The van der Waals surface area contributed by atoms with Gasteiger partial charge in [-0.1, -0.05) is 30.3 Å². The number of fused-ring (bicyclic) bond motifs is 1. The number of aryl methyl sites for hydroxylation is 1. The van der Waals surface area contributed by atoms with Crippen LogP contribution in [0.3, 0.4) is 0 Å². The van der Waals surface area contributed by atoms with Crippen molar-refractivity contribution in [1.82, 2.24) is 39.6 Å². The monoisotopic (exact) mass is 572 g/mol. The predicted octanol–water partition coefficient (Wildman–Crippen LogP) is 3.25. The second-order valence-corrected chi connectivity index (χ2v) is 11.1. The standard InChI is InChI=1S/C32H32N10O/c1-39-20-25(19-36-39)27-21-42-31(24(16-33)18-37-42)30(38-27)23-9-10-28(35-17-23)40-12-14-41(15-13-40)32(43)29(26-8-5-11-34-26)22-6-3-2-4-7-22/h2-4,6-7,9-10,17-21,26,29,34H,5,8,11-15H2,1H3/t26?,29-/m0/s1. The van der Waals surface area contributed by atoms with Gasteiger partial charge in [-0.3, -0.25) is 9.48 Å². The van der Waals surface area contributed by atoms with Crippen molar-refractivity contribution in [1.29, 1.82) is 5.26 Å². The van der Waals surface area contributed by atoms with E-state index in [1.54, 1.807) is 27.8 Å². The first-order valence-electron chi connectivity index (χ1n) is 14.6. The van der Waals surface area contributed by atoms with Gasteiger partial charge in [-0.25, -0.2) is 14.5 Å². The van der Waals surface area contributed by atoms with Gasteiger partial charge in [0.05, 0.1) is 35.9 Å². The van der Waals surface area contributed by atoms with Crippen LogP contribution in [0.25, 0.3) is 28.0 Å². The van der Waals surface area contributed by atoms with Gasteiger partial charge in [0.2, 0.25) is 5.91 Å². The minimum absolute atomic E-state index is 0.165. The van der Waals surface area contributed by atoms with E-state index in [1.807, 2.05) is 54.7 Å². The topological polar surface area (TPSA) is 120 Å². The van der Waals surface area contributed by atoms with Crippen molar-refractivity contribution < 1.29 is 4.79 Å². The molecule has 1 N–H and O–H groups in total. The number of anilines is 1. The molecule has 1 aromatic carbocycles. The Hall–Kier alpha value is -5.08. The molecule has 0 spiro atoms. The second kappa shape index (κ2) is 11.3. The summed E-state index contributed by atoms with van der Waals surface area (Å²) in [7, 11) is 1.86. The molecule has 2 aliphatic heterocycles. The lowest BCUT2D eigenvalue weighted by molar-refractivity contribution is -0.133. The van der Waals surface area contributed by atoms with Crippen molar-refractivity contribution in [2.24, 2.45) is 7.05 Å². The lowest BCUT2D eigenvalue weighted by Gasteiger charge is -2.38. The number of hydrogen-bond donors (Lipinski definition) is 1. The molecule has 0 aliphatic carbocycles. The highest BCUT2D eigenvalue weighted by Gasteiger charge is 2.35. The van der Waals surface area contributed by atoms with Gasteiger partial charge in [0.1, 0.15) is 23.0 Å². The number of rotatable bonds is 6. The van der Waals surface area contributed by atoms with Crippen molar-refractivity contribution in [3.05, 3.63) is 84.6 Å². The number of nitrogens with zero attached hydrogens (tertiary/aromatic N) is 9.